The molecule has 16 heavy (non-hydrogen) atoms. The summed E-state index contributed by atoms with van der Waals surface area (Å²) in [7, 11) is 0. The van der Waals surface area contributed by atoms with Crippen molar-refractivity contribution < 1.29 is 10.0 Å². The molecule has 1 fully saturated rings. The molecule has 2 N–H and O–H groups in total. The number of benzene rings is 1. The van der Waals surface area contributed by atoms with E-state index in [2.05, 4.69) is 10.5 Å². The van der Waals surface area contributed by atoms with Gasteiger partial charge in [-0.15, -0.1) is 0 Å². The molecule has 84 valence electrons. The van der Waals surface area contributed by atoms with Crippen molar-refractivity contribution in [1.82, 2.24) is 0 Å². The maximum atomic E-state index is 11.5. The van der Waals surface area contributed by atoms with E-state index >= 15 is 0 Å². The first kappa shape index (κ1) is 10.7. The lowest BCUT2D eigenvalue weighted by Gasteiger charge is -2.05. The summed E-state index contributed by atoms with van der Waals surface area (Å²) < 4.78 is 0. The van der Waals surface area contributed by atoms with E-state index in [1.165, 1.54) is 0 Å². The lowest BCUT2D eigenvalue weighted by atomic mass is 10.1. The Hall–Kier alpha value is -1.84. The van der Waals surface area contributed by atoms with Crippen molar-refractivity contribution in [2.24, 2.45) is 11.1 Å². The summed E-state index contributed by atoms with van der Waals surface area (Å²) in [6.07, 6.45) is 2.00. The molecule has 0 saturated heterocycles. The molecule has 0 unspecified atom stereocenters. The number of amides is 1. The summed E-state index contributed by atoms with van der Waals surface area (Å²) in [6.45, 7) is 1.72. The van der Waals surface area contributed by atoms with Gasteiger partial charge >= 0.3 is 0 Å². The van der Waals surface area contributed by atoms with E-state index < -0.39 is 0 Å². The molecule has 0 heterocycles. The zero-order valence-corrected chi connectivity index (χ0v) is 9.10. The van der Waals surface area contributed by atoms with E-state index in [1.54, 1.807) is 6.92 Å². The number of anilines is 1. The van der Waals surface area contributed by atoms with E-state index in [4.69, 9.17) is 5.21 Å². The molecular weight excluding hydrogens is 204 g/mol. The monoisotopic (exact) mass is 218 g/mol. The van der Waals surface area contributed by atoms with E-state index in [-0.39, 0.29) is 11.8 Å². The summed E-state index contributed by atoms with van der Waals surface area (Å²) in [4.78, 5) is 11.5. The van der Waals surface area contributed by atoms with E-state index in [0.717, 1.165) is 24.1 Å². The van der Waals surface area contributed by atoms with Crippen LogP contribution in [0.15, 0.2) is 29.4 Å². The largest absolute Gasteiger partial charge is 0.411 e. The molecular formula is C12H14N2O2. The Morgan fingerprint density at radius 2 is 2.00 bits per heavy atom. The van der Waals surface area contributed by atoms with Gasteiger partial charge in [0.15, 0.2) is 0 Å². The highest BCUT2D eigenvalue weighted by molar-refractivity contribution is 5.99. The fourth-order valence-electron chi connectivity index (χ4n) is 1.44. The molecule has 0 atom stereocenters. The molecule has 0 bridgehead atoms. The van der Waals surface area contributed by atoms with Gasteiger partial charge in [-0.3, -0.25) is 4.79 Å². The first-order chi connectivity index (χ1) is 7.70. The minimum Gasteiger partial charge on any atom is -0.411 e. The van der Waals surface area contributed by atoms with Gasteiger partial charge in [-0.2, -0.15) is 0 Å². The molecule has 0 aliphatic heterocycles. The topological polar surface area (TPSA) is 61.7 Å². The van der Waals surface area contributed by atoms with Crippen LogP contribution in [-0.2, 0) is 4.79 Å². The highest BCUT2D eigenvalue weighted by Crippen LogP contribution is 2.30. The van der Waals surface area contributed by atoms with Crippen molar-refractivity contribution in [3.05, 3.63) is 29.8 Å². The number of hydrogen-bond donors (Lipinski definition) is 2. The SMILES string of the molecule is C/C(=N\O)c1ccc(NC(=O)C2CC2)cc1. The number of carbonyl (C=O) groups excluding carboxylic acids is 1. The highest BCUT2D eigenvalue weighted by atomic mass is 16.4. The number of hydrogen-bond acceptors (Lipinski definition) is 3. The molecule has 4 heteroatoms. The van der Waals surface area contributed by atoms with Crippen molar-refractivity contribution >= 4 is 17.3 Å². The van der Waals surface area contributed by atoms with Crippen LogP contribution in [0.4, 0.5) is 5.69 Å². The predicted octanol–water partition coefficient (Wildman–Crippen LogP) is 2.23. The van der Waals surface area contributed by atoms with E-state index in [1.807, 2.05) is 24.3 Å². The summed E-state index contributed by atoms with van der Waals surface area (Å²) in [5.41, 5.74) is 2.18. The van der Waals surface area contributed by atoms with Gasteiger partial charge in [0.2, 0.25) is 5.91 Å². The first-order valence-electron chi connectivity index (χ1n) is 5.30. The Bertz CT molecular complexity index is 419. The number of nitrogens with one attached hydrogen (secondary N) is 1. The van der Waals surface area contributed by atoms with Gasteiger partial charge in [-0.25, -0.2) is 0 Å². The Labute approximate surface area is 94.0 Å². The van der Waals surface area contributed by atoms with E-state index in [0.29, 0.717) is 5.71 Å². The second-order valence-electron chi connectivity index (χ2n) is 4.03. The molecule has 0 aromatic heterocycles. The van der Waals surface area contributed by atoms with Crippen molar-refractivity contribution in [1.29, 1.82) is 0 Å². The van der Waals surface area contributed by atoms with Gasteiger partial charge in [-0.1, -0.05) is 17.3 Å². The number of rotatable bonds is 3. The predicted molar refractivity (Wildman–Crippen MR) is 61.8 cm³/mol. The van der Waals surface area contributed by atoms with Gasteiger partial charge in [0, 0.05) is 11.6 Å². The van der Waals surface area contributed by atoms with Crippen molar-refractivity contribution in [2.45, 2.75) is 19.8 Å². The zero-order valence-electron chi connectivity index (χ0n) is 9.10. The van der Waals surface area contributed by atoms with Crippen LogP contribution in [-0.4, -0.2) is 16.8 Å². The summed E-state index contributed by atoms with van der Waals surface area (Å²) in [5.74, 6) is 0.306. The fourth-order valence-corrected chi connectivity index (χ4v) is 1.44. The van der Waals surface area contributed by atoms with Crippen LogP contribution in [0.5, 0.6) is 0 Å². The third-order valence-corrected chi connectivity index (χ3v) is 2.67. The summed E-state index contributed by atoms with van der Waals surface area (Å²) >= 11 is 0. The normalized spacial score (nSPS) is 15.9. The molecule has 1 saturated carbocycles. The van der Waals surface area contributed by atoms with Crippen LogP contribution in [0, 0.1) is 5.92 Å². The molecule has 0 spiro atoms. The quantitative estimate of drug-likeness (QED) is 0.464. The van der Waals surface area contributed by atoms with Crippen LogP contribution in [0.1, 0.15) is 25.3 Å². The molecule has 1 aromatic carbocycles. The third-order valence-electron chi connectivity index (χ3n) is 2.67. The molecule has 2 rings (SSSR count). The summed E-state index contributed by atoms with van der Waals surface area (Å²) in [5, 5.41) is 14.6. The molecule has 1 aliphatic rings. The molecule has 1 amide bonds. The van der Waals surface area contributed by atoms with Crippen LogP contribution in [0.3, 0.4) is 0 Å². The number of nitrogens with zero attached hydrogens (tertiary/aromatic N) is 1. The molecule has 0 radical (unpaired) electrons. The number of oxime groups is 1. The third kappa shape index (κ3) is 2.39. The standard InChI is InChI=1S/C12H14N2O2/c1-8(14-16)9-4-6-11(7-5-9)13-12(15)10-2-3-10/h4-7,10,16H,2-3H2,1H3,(H,13,15)/b14-8+. The van der Waals surface area contributed by atoms with Gasteiger partial charge in [-0.05, 0) is 37.5 Å². The highest BCUT2D eigenvalue weighted by Gasteiger charge is 2.29. The van der Waals surface area contributed by atoms with Crippen molar-refractivity contribution in [3.8, 4) is 0 Å². The van der Waals surface area contributed by atoms with Crippen LogP contribution in [0.2, 0.25) is 0 Å². The Morgan fingerprint density at radius 1 is 1.38 bits per heavy atom. The minimum absolute atomic E-state index is 0.0975. The van der Waals surface area contributed by atoms with E-state index in [9.17, 15) is 4.79 Å². The smallest absolute Gasteiger partial charge is 0.227 e. The van der Waals surface area contributed by atoms with Gasteiger partial charge in [0.1, 0.15) is 0 Å². The van der Waals surface area contributed by atoms with Gasteiger partial charge < -0.3 is 10.5 Å². The number of carbonyl (C=O) groups is 1. The van der Waals surface area contributed by atoms with Gasteiger partial charge in [0.25, 0.3) is 0 Å². The maximum Gasteiger partial charge on any atom is 0.227 e. The van der Waals surface area contributed by atoms with Gasteiger partial charge in [0.05, 0.1) is 5.71 Å². The van der Waals surface area contributed by atoms with Crippen LogP contribution in [0.25, 0.3) is 0 Å². The molecule has 1 aromatic rings. The summed E-state index contributed by atoms with van der Waals surface area (Å²) in [6, 6.07) is 7.25. The average Bonchev–Trinajstić information content (AvgIpc) is 3.13. The van der Waals surface area contributed by atoms with Crippen molar-refractivity contribution in [3.63, 3.8) is 0 Å². The molecule has 1 aliphatic carbocycles. The zero-order chi connectivity index (χ0) is 11.5. The lowest BCUT2D eigenvalue weighted by molar-refractivity contribution is -0.117. The minimum atomic E-state index is 0.0975. The first-order valence-corrected chi connectivity index (χ1v) is 5.30. The maximum absolute atomic E-state index is 11.5. The fraction of sp³-hybridized carbons (Fsp3) is 0.333. The van der Waals surface area contributed by atoms with Crippen LogP contribution < -0.4 is 5.32 Å². The Morgan fingerprint density at radius 3 is 2.50 bits per heavy atom. The Kier molecular flexibility index (Phi) is 2.90. The molecule has 4 nitrogen and oxygen atoms in total. The second kappa shape index (κ2) is 4.35. The Balaban J connectivity index is 2.04. The van der Waals surface area contributed by atoms with Crippen molar-refractivity contribution in [2.75, 3.05) is 5.32 Å². The lowest BCUT2D eigenvalue weighted by Crippen LogP contribution is -2.13. The average molecular weight is 218 g/mol. The van der Waals surface area contributed by atoms with Crippen LogP contribution >= 0.6 is 0 Å². The second-order valence-corrected chi connectivity index (χ2v) is 4.03.